The fraction of sp³-hybridized carbons (Fsp3) is 0.571. The Morgan fingerprint density at radius 3 is 2.89 bits per heavy atom. The highest BCUT2D eigenvalue weighted by Crippen LogP contribution is 2.12. The molecule has 5 nitrogen and oxygen atoms in total. The molecule has 0 bridgehead atoms. The number of aromatic nitrogens is 1. The van der Waals surface area contributed by atoms with Gasteiger partial charge in [-0.2, -0.15) is 0 Å². The quantitative estimate of drug-likeness (QED) is 0.449. The van der Waals surface area contributed by atoms with Crippen molar-refractivity contribution in [3.05, 3.63) is 23.9 Å². The number of nitrogens with one attached hydrogen (secondary N) is 2. The van der Waals surface area contributed by atoms with Crippen LogP contribution in [0.3, 0.4) is 0 Å². The maximum atomic E-state index is 5.21. The molecule has 0 radical (unpaired) electrons. The van der Waals surface area contributed by atoms with Gasteiger partial charge >= 0.3 is 0 Å². The third-order valence-corrected chi connectivity index (χ3v) is 2.79. The van der Waals surface area contributed by atoms with Crippen molar-refractivity contribution >= 4 is 5.96 Å². The van der Waals surface area contributed by atoms with Gasteiger partial charge in [-0.05, 0) is 12.5 Å². The van der Waals surface area contributed by atoms with Crippen molar-refractivity contribution in [3.63, 3.8) is 0 Å². The van der Waals surface area contributed by atoms with Crippen LogP contribution in [0.5, 0.6) is 5.88 Å². The van der Waals surface area contributed by atoms with Crippen molar-refractivity contribution in [1.82, 2.24) is 15.6 Å². The predicted molar refractivity (Wildman–Crippen MR) is 78.5 cm³/mol. The van der Waals surface area contributed by atoms with Crippen molar-refractivity contribution in [1.29, 1.82) is 0 Å². The zero-order chi connectivity index (χ0) is 13.9. The maximum Gasteiger partial charge on any atom is 0.218 e. The van der Waals surface area contributed by atoms with E-state index in [4.69, 9.17) is 4.74 Å². The number of methoxy groups -OCH3 is 1. The van der Waals surface area contributed by atoms with Gasteiger partial charge in [-0.25, -0.2) is 4.98 Å². The molecule has 1 heterocycles. The van der Waals surface area contributed by atoms with Gasteiger partial charge < -0.3 is 15.4 Å². The molecule has 1 aromatic rings. The lowest BCUT2D eigenvalue weighted by atomic mass is 10.2. The van der Waals surface area contributed by atoms with E-state index in [0.29, 0.717) is 12.4 Å². The molecule has 0 saturated heterocycles. The molecule has 1 aromatic heterocycles. The van der Waals surface area contributed by atoms with E-state index in [2.05, 4.69) is 27.5 Å². The van der Waals surface area contributed by atoms with Gasteiger partial charge in [-0.3, -0.25) is 4.99 Å². The summed E-state index contributed by atoms with van der Waals surface area (Å²) >= 11 is 0. The molecule has 0 aromatic carbocycles. The number of ether oxygens (including phenoxy) is 1. The van der Waals surface area contributed by atoms with E-state index >= 15 is 0 Å². The molecule has 1 rings (SSSR count). The fourth-order valence-corrected chi connectivity index (χ4v) is 1.72. The summed E-state index contributed by atoms with van der Waals surface area (Å²) in [6, 6.07) is 3.89. The molecule has 0 aliphatic heterocycles. The van der Waals surface area contributed by atoms with E-state index in [-0.39, 0.29) is 0 Å². The highest BCUT2D eigenvalue weighted by atomic mass is 16.5. The first-order chi connectivity index (χ1) is 9.31. The van der Waals surface area contributed by atoms with Gasteiger partial charge in [0.05, 0.1) is 7.11 Å². The molecule has 0 amide bonds. The zero-order valence-corrected chi connectivity index (χ0v) is 12.1. The molecular formula is C14H24N4O. The third kappa shape index (κ3) is 5.59. The molecule has 0 atom stereocenters. The highest BCUT2D eigenvalue weighted by molar-refractivity contribution is 5.79. The molecule has 0 unspecified atom stereocenters. The minimum atomic E-state index is 0.643. The Morgan fingerprint density at radius 1 is 1.37 bits per heavy atom. The van der Waals surface area contributed by atoms with Gasteiger partial charge in [0.25, 0.3) is 0 Å². The Bertz CT molecular complexity index is 393. The molecule has 0 fully saturated rings. The standard InChI is InChI=1S/C14H24N4O/c1-4-5-6-9-17-14(15-2)18-11-12-8-7-10-16-13(12)19-3/h7-8,10H,4-6,9,11H2,1-3H3,(H2,15,17,18). The van der Waals surface area contributed by atoms with Gasteiger partial charge in [-0.1, -0.05) is 25.8 Å². The Labute approximate surface area is 115 Å². The van der Waals surface area contributed by atoms with Crippen LogP contribution in [0.1, 0.15) is 31.7 Å². The molecule has 5 heteroatoms. The summed E-state index contributed by atoms with van der Waals surface area (Å²) in [6.07, 6.45) is 5.34. The summed E-state index contributed by atoms with van der Waals surface area (Å²) in [5.74, 6) is 1.46. The van der Waals surface area contributed by atoms with Gasteiger partial charge in [0.1, 0.15) is 0 Å². The summed E-state index contributed by atoms with van der Waals surface area (Å²) in [5.41, 5.74) is 1.02. The number of pyridine rings is 1. The summed E-state index contributed by atoms with van der Waals surface area (Å²) in [5, 5.41) is 6.55. The molecule has 0 aliphatic rings. The van der Waals surface area contributed by atoms with Crippen molar-refractivity contribution in [2.45, 2.75) is 32.7 Å². The molecule has 0 aliphatic carbocycles. The van der Waals surface area contributed by atoms with Gasteiger partial charge in [0.15, 0.2) is 5.96 Å². The molecule has 19 heavy (non-hydrogen) atoms. The van der Waals surface area contributed by atoms with Crippen molar-refractivity contribution < 1.29 is 4.74 Å². The van der Waals surface area contributed by atoms with Crippen LogP contribution in [0.15, 0.2) is 23.3 Å². The smallest absolute Gasteiger partial charge is 0.218 e. The largest absolute Gasteiger partial charge is 0.481 e. The average molecular weight is 264 g/mol. The van der Waals surface area contributed by atoms with Crippen molar-refractivity contribution in [2.24, 2.45) is 4.99 Å². The monoisotopic (exact) mass is 264 g/mol. The highest BCUT2D eigenvalue weighted by Gasteiger charge is 2.04. The third-order valence-electron chi connectivity index (χ3n) is 2.79. The van der Waals surface area contributed by atoms with Gasteiger partial charge in [0.2, 0.25) is 5.88 Å². The average Bonchev–Trinajstić information content (AvgIpc) is 2.47. The van der Waals surface area contributed by atoms with Crippen molar-refractivity contribution in [2.75, 3.05) is 20.7 Å². The van der Waals surface area contributed by atoms with Crippen LogP contribution in [-0.2, 0) is 6.54 Å². The lowest BCUT2D eigenvalue weighted by Gasteiger charge is -2.12. The van der Waals surface area contributed by atoms with Crippen LogP contribution in [0, 0.1) is 0 Å². The predicted octanol–water partition coefficient (Wildman–Crippen LogP) is 1.95. The summed E-state index contributed by atoms with van der Waals surface area (Å²) in [7, 11) is 3.40. The van der Waals surface area contributed by atoms with Crippen LogP contribution in [0.25, 0.3) is 0 Å². The lowest BCUT2D eigenvalue weighted by Crippen LogP contribution is -2.37. The Hall–Kier alpha value is -1.78. The second-order valence-corrected chi connectivity index (χ2v) is 4.23. The van der Waals surface area contributed by atoms with Crippen LogP contribution < -0.4 is 15.4 Å². The van der Waals surface area contributed by atoms with E-state index in [1.54, 1.807) is 20.4 Å². The minimum absolute atomic E-state index is 0.643. The molecule has 0 spiro atoms. The van der Waals surface area contributed by atoms with E-state index in [1.807, 2.05) is 12.1 Å². The van der Waals surface area contributed by atoms with E-state index in [0.717, 1.165) is 24.5 Å². The lowest BCUT2D eigenvalue weighted by molar-refractivity contribution is 0.392. The molecule has 2 N–H and O–H groups in total. The Morgan fingerprint density at radius 2 is 2.21 bits per heavy atom. The number of hydrogen-bond acceptors (Lipinski definition) is 3. The first-order valence-corrected chi connectivity index (χ1v) is 6.74. The normalized spacial score (nSPS) is 11.2. The fourth-order valence-electron chi connectivity index (χ4n) is 1.72. The van der Waals surface area contributed by atoms with Crippen LogP contribution in [0.2, 0.25) is 0 Å². The minimum Gasteiger partial charge on any atom is -0.481 e. The van der Waals surface area contributed by atoms with E-state index < -0.39 is 0 Å². The first kappa shape index (κ1) is 15.3. The Kier molecular flexibility index (Phi) is 7.39. The first-order valence-electron chi connectivity index (χ1n) is 6.74. The van der Waals surface area contributed by atoms with Gasteiger partial charge in [0, 0.05) is 31.9 Å². The SMILES string of the molecule is CCCCCNC(=NC)NCc1cccnc1OC. The summed E-state index contributed by atoms with van der Waals surface area (Å²) in [4.78, 5) is 8.35. The van der Waals surface area contributed by atoms with Gasteiger partial charge in [-0.15, -0.1) is 0 Å². The van der Waals surface area contributed by atoms with Crippen LogP contribution >= 0.6 is 0 Å². The topological polar surface area (TPSA) is 58.5 Å². The second kappa shape index (κ2) is 9.19. The number of rotatable bonds is 7. The second-order valence-electron chi connectivity index (χ2n) is 4.23. The van der Waals surface area contributed by atoms with Crippen LogP contribution in [-0.4, -0.2) is 31.6 Å². The van der Waals surface area contributed by atoms with E-state index in [9.17, 15) is 0 Å². The van der Waals surface area contributed by atoms with E-state index in [1.165, 1.54) is 12.8 Å². The number of nitrogens with zero attached hydrogens (tertiary/aromatic N) is 2. The molecule has 106 valence electrons. The molecular weight excluding hydrogens is 240 g/mol. The number of unbranched alkanes of at least 4 members (excludes halogenated alkanes) is 2. The Balaban J connectivity index is 2.40. The number of guanidine groups is 1. The zero-order valence-electron chi connectivity index (χ0n) is 12.1. The summed E-state index contributed by atoms with van der Waals surface area (Å²) in [6.45, 7) is 3.78. The van der Waals surface area contributed by atoms with Crippen LogP contribution in [0.4, 0.5) is 0 Å². The number of hydrogen-bond donors (Lipinski definition) is 2. The number of aliphatic imine (C=N–C) groups is 1. The molecule has 0 saturated carbocycles. The summed E-state index contributed by atoms with van der Waals surface area (Å²) < 4.78 is 5.21. The maximum absolute atomic E-state index is 5.21. The van der Waals surface area contributed by atoms with Crippen molar-refractivity contribution in [3.8, 4) is 5.88 Å².